The summed E-state index contributed by atoms with van der Waals surface area (Å²) in [6.07, 6.45) is 0. The SMILES string of the molecule is CC#CC(C)(C)OC(=O)COC(=O)c1ccc(OC)c(-[s+]2c3ccccc3c3ccccc32)c1. The Kier molecular flexibility index (Phi) is 6.58. The summed E-state index contributed by atoms with van der Waals surface area (Å²) in [6, 6.07) is 21.7. The standard InChI is InChI=1S/C28H25O5S/c1-5-16-28(2,3)33-26(29)18-32-27(30)19-14-15-22(31-4)25(17-19)34-23-12-8-6-10-20(23)21-11-7-9-13-24(21)34/h6-15,17H,18H2,1-4H3/q+1. The van der Waals surface area contributed by atoms with Crippen LogP contribution in [0.3, 0.4) is 0 Å². The first kappa shape index (κ1) is 23.3. The van der Waals surface area contributed by atoms with Crippen molar-refractivity contribution in [3.63, 3.8) is 0 Å². The summed E-state index contributed by atoms with van der Waals surface area (Å²) in [5, 5.41) is 2.36. The van der Waals surface area contributed by atoms with Crippen molar-refractivity contribution >= 4 is 42.6 Å². The number of rotatable bonds is 6. The molecule has 34 heavy (non-hydrogen) atoms. The van der Waals surface area contributed by atoms with Gasteiger partial charge in [-0.3, -0.25) is 0 Å². The zero-order valence-electron chi connectivity index (χ0n) is 19.5. The largest absolute Gasteiger partial charge is 0.491 e. The molecule has 0 fully saturated rings. The van der Waals surface area contributed by atoms with Gasteiger partial charge in [-0.1, -0.05) is 30.2 Å². The topological polar surface area (TPSA) is 61.8 Å². The molecule has 0 aliphatic rings. The molecule has 0 saturated heterocycles. The fraction of sp³-hybridized carbons (Fsp3) is 0.214. The monoisotopic (exact) mass is 473 g/mol. The lowest BCUT2D eigenvalue weighted by atomic mass is 10.1. The van der Waals surface area contributed by atoms with Crippen LogP contribution in [-0.4, -0.2) is 31.3 Å². The van der Waals surface area contributed by atoms with E-state index in [1.807, 2.05) is 24.3 Å². The Balaban J connectivity index is 1.68. The number of hydrogen-bond donors (Lipinski definition) is 0. The molecular formula is C28H25O5S+. The maximum absolute atomic E-state index is 12.8. The molecule has 0 aliphatic carbocycles. The second kappa shape index (κ2) is 9.58. The minimum atomic E-state index is -0.949. The molecule has 0 unspecified atom stereocenters. The van der Waals surface area contributed by atoms with Crippen molar-refractivity contribution in [2.24, 2.45) is 0 Å². The smallest absolute Gasteiger partial charge is 0.345 e. The lowest BCUT2D eigenvalue weighted by Gasteiger charge is -2.18. The minimum Gasteiger partial charge on any atom is -0.491 e. The van der Waals surface area contributed by atoms with Gasteiger partial charge in [0.05, 0.1) is 12.7 Å². The van der Waals surface area contributed by atoms with E-state index in [4.69, 9.17) is 14.2 Å². The number of thiophene rings is 1. The van der Waals surface area contributed by atoms with Gasteiger partial charge in [0.25, 0.3) is 0 Å². The number of hydrogen-bond acceptors (Lipinski definition) is 5. The fourth-order valence-corrected chi connectivity index (χ4v) is 6.43. The van der Waals surface area contributed by atoms with Crippen molar-refractivity contribution in [2.45, 2.75) is 26.4 Å². The molecule has 0 spiro atoms. The first-order valence-corrected chi connectivity index (χ1v) is 12.0. The summed E-state index contributed by atoms with van der Waals surface area (Å²) in [6.45, 7) is 4.53. The van der Waals surface area contributed by atoms with Gasteiger partial charge in [0.1, 0.15) is 0 Å². The van der Waals surface area contributed by atoms with Crippen molar-refractivity contribution in [1.29, 1.82) is 0 Å². The Labute approximate surface area is 201 Å². The number of carbonyl (C=O) groups excluding carboxylic acids is 2. The van der Waals surface area contributed by atoms with Crippen LogP contribution >= 0.6 is 10.5 Å². The highest BCUT2D eigenvalue weighted by atomic mass is 32.2. The van der Waals surface area contributed by atoms with Crippen LogP contribution in [0.15, 0.2) is 66.7 Å². The van der Waals surface area contributed by atoms with Crippen LogP contribution in [0.5, 0.6) is 5.75 Å². The average molecular weight is 474 g/mol. The molecule has 0 bridgehead atoms. The van der Waals surface area contributed by atoms with Gasteiger partial charge >= 0.3 is 11.9 Å². The summed E-state index contributed by atoms with van der Waals surface area (Å²) < 4.78 is 18.5. The van der Waals surface area contributed by atoms with Crippen LogP contribution < -0.4 is 4.74 Å². The van der Waals surface area contributed by atoms with Crippen LogP contribution in [0, 0.1) is 11.8 Å². The maximum Gasteiger partial charge on any atom is 0.345 e. The molecule has 3 aromatic carbocycles. The zero-order valence-corrected chi connectivity index (χ0v) is 20.3. The van der Waals surface area contributed by atoms with E-state index in [-0.39, 0.29) is 0 Å². The third kappa shape index (κ3) is 4.61. The van der Waals surface area contributed by atoms with E-state index in [1.165, 1.54) is 20.2 Å². The van der Waals surface area contributed by atoms with Crippen molar-refractivity contribution in [3.8, 4) is 22.5 Å². The lowest BCUT2D eigenvalue weighted by Crippen LogP contribution is -2.29. The highest BCUT2D eigenvalue weighted by molar-refractivity contribution is 7.50. The van der Waals surface area contributed by atoms with Gasteiger partial charge in [0, 0.05) is 27.3 Å². The van der Waals surface area contributed by atoms with Crippen molar-refractivity contribution in [1.82, 2.24) is 0 Å². The van der Waals surface area contributed by atoms with E-state index in [1.54, 1.807) is 46.1 Å². The molecule has 4 aromatic rings. The van der Waals surface area contributed by atoms with Gasteiger partial charge in [0.15, 0.2) is 27.4 Å². The van der Waals surface area contributed by atoms with Crippen LogP contribution in [0.2, 0.25) is 0 Å². The van der Waals surface area contributed by atoms with Crippen LogP contribution in [0.25, 0.3) is 25.1 Å². The summed E-state index contributed by atoms with van der Waals surface area (Å²) >= 11 is 0. The van der Waals surface area contributed by atoms with Crippen LogP contribution in [0.1, 0.15) is 31.1 Å². The van der Waals surface area contributed by atoms with Gasteiger partial charge < -0.3 is 14.2 Å². The lowest BCUT2D eigenvalue weighted by molar-refractivity contribution is -0.155. The third-order valence-electron chi connectivity index (χ3n) is 5.24. The third-order valence-corrected chi connectivity index (χ3v) is 7.59. The number of esters is 2. The summed E-state index contributed by atoms with van der Waals surface area (Å²) in [5.74, 6) is 4.93. The Bertz CT molecular complexity index is 1400. The van der Waals surface area contributed by atoms with E-state index >= 15 is 0 Å². The fourth-order valence-electron chi connectivity index (χ4n) is 3.90. The molecule has 0 saturated carbocycles. The molecule has 0 aliphatic heterocycles. The highest BCUT2D eigenvalue weighted by Crippen LogP contribution is 2.51. The summed E-state index contributed by atoms with van der Waals surface area (Å²) in [4.78, 5) is 25.8. The van der Waals surface area contributed by atoms with Gasteiger partial charge in [-0.05, 0) is 57.2 Å². The Morgan fingerprint density at radius 2 is 1.56 bits per heavy atom. The normalized spacial score (nSPS) is 11.1. The molecular weight excluding hydrogens is 448 g/mol. The Morgan fingerprint density at radius 3 is 2.15 bits per heavy atom. The van der Waals surface area contributed by atoms with E-state index in [2.05, 4.69) is 36.1 Å². The molecule has 5 nitrogen and oxygen atoms in total. The Morgan fingerprint density at radius 1 is 0.941 bits per heavy atom. The Hall–Kier alpha value is -3.82. The van der Waals surface area contributed by atoms with Crippen molar-refractivity contribution in [3.05, 3.63) is 72.3 Å². The molecule has 0 amide bonds. The minimum absolute atomic E-state index is 0.338. The quantitative estimate of drug-likeness (QED) is 0.188. The predicted octanol–water partition coefficient (Wildman–Crippen LogP) is 6.24. The second-order valence-corrected chi connectivity index (χ2v) is 10.0. The molecule has 0 atom stereocenters. The van der Waals surface area contributed by atoms with E-state index < -0.39 is 34.6 Å². The molecule has 172 valence electrons. The molecule has 0 N–H and O–H groups in total. The summed E-state index contributed by atoms with van der Waals surface area (Å²) in [7, 11) is 1.17. The predicted molar refractivity (Wildman–Crippen MR) is 136 cm³/mol. The van der Waals surface area contributed by atoms with Crippen molar-refractivity contribution < 1.29 is 23.8 Å². The van der Waals surface area contributed by atoms with E-state index in [0.29, 0.717) is 11.3 Å². The highest BCUT2D eigenvalue weighted by Gasteiger charge is 2.28. The molecule has 1 aromatic heterocycles. The first-order valence-electron chi connectivity index (χ1n) is 10.8. The molecule has 4 rings (SSSR count). The van der Waals surface area contributed by atoms with E-state index in [0.717, 1.165) is 4.90 Å². The molecule has 6 heteroatoms. The summed E-state index contributed by atoms with van der Waals surface area (Å²) in [5.41, 5.74) is -0.610. The molecule has 0 radical (unpaired) electrons. The van der Waals surface area contributed by atoms with Gasteiger partial charge in [-0.2, -0.15) is 0 Å². The first-order chi connectivity index (χ1) is 16.3. The van der Waals surface area contributed by atoms with Crippen LogP contribution in [0.4, 0.5) is 0 Å². The van der Waals surface area contributed by atoms with Gasteiger partial charge in [-0.15, -0.1) is 5.92 Å². The zero-order chi connectivity index (χ0) is 24.3. The second-order valence-electron chi connectivity index (χ2n) is 8.10. The van der Waals surface area contributed by atoms with E-state index in [9.17, 15) is 9.59 Å². The number of carbonyl (C=O) groups is 2. The number of fused-ring (bicyclic) bond motifs is 3. The molecule has 1 heterocycles. The van der Waals surface area contributed by atoms with Gasteiger partial charge in [-0.25, -0.2) is 9.59 Å². The maximum atomic E-state index is 12.8. The van der Waals surface area contributed by atoms with Crippen molar-refractivity contribution in [2.75, 3.05) is 13.7 Å². The van der Waals surface area contributed by atoms with Crippen LogP contribution in [-0.2, 0) is 14.3 Å². The van der Waals surface area contributed by atoms with Gasteiger partial charge in [0.2, 0.25) is 4.90 Å². The average Bonchev–Trinajstić information content (AvgIpc) is 3.16. The number of methoxy groups -OCH3 is 1. The number of ether oxygens (including phenoxy) is 3. The number of benzene rings is 3.